The second-order valence-electron chi connectivity index (χ2n) is 8.65. The molecule has 5 aromatic rings. The van der Waals surface area contributed by atoms with E-state index in [1.807, 2.05) is 24.3 Å². The van der Waals surface area contributed by atoms with E-state index in [2.05, 4.69) is 35.9 Å². The number of rotatable bonds is 4. The van der Waals surface area contributed by atoms with Gasteiger partial charge in [0.05, 0.1) is 10.0 Å². The average molecular weight is 489 g/mol. The zero-order valence-corrected chi connectivity index (χ0v) is 20.1. The molecule has 0 spiro atoms. The number of fused-ring (bicyclic) bond motifs is 2. The lowest BCUT2D eigenvalue weighted by Gasteiger charge is -2.23. The molecule has 0 atom stereocenters. The van der Waals surface area contributed by atoms with E-state index in [4.69, 9.17) is 23.2 Å². The fourth-order valence-corrected chi connectivity index (χ4v) is 4.99. The van der Waals surface area contributed by atoms with Crippen LogP contribution in [0.3, 0.4) is 0 Å². The summed E-state index contributed by atoms with van der Waals surface area (Å²) in [5.41, 5.74) is 3.90. The third-order valence-corrected chi connectivity index (χ3v) is 6.87. The van der Waals surface area contributed by atoms with Crippen LogP contribution < -0.4 is 0 Å². The van der Waals surface area contributed by atoms with Gasteiger partial charge in [0.2, 0.25) is 0 Å². The first-order valence-electron chi connectivity index (χ1n) is 11.0. The molecule has 0 unspecified atom stereocenters. The zero-order chi connectivity index (χ0) is 24.0. The summed E-state index contributed by atoms with van der Waals surface area (Å²) in [7, 11) is 0. The number of benzene rings is 3. The van der Waals surface area contributed by atoms with E-state index in [1.54, 1.807) is 36.7 Å². The van der Waals surface area contributed by atoms with Gasteiger partial charge < -0.3 is 10.2 Å². The summed E-state index contributed by atoms with van der Waals surface area (Å²) >= 11 is 13.3. The van der Waals surface area contributed by atoms with Crippen LogP contribution >= 0.6 is 23.2 Å². The molecule has 0 aliphatic heterocycles. The highest BCUT2D eigenvalue weighted by molar-refractivity contribution is 6.36. The van der Waals surface area contributed by atoms with Crippen molar-refractivity contribution in [2.75, 3.05) is 0 Å². The lowest BCUT2D eigenvalue weighted by atomic mass is 9.82. The molecule has 0 fully saturated rings. The SMILES string of the molecule is CC(C)c1ccc(C(c2cc(Cl)c3cccnc3c2O)c2cc(Cl)c3cccnc3c2O)cc1. The molecule has 2 heterocycles. The summed E-state index contributed by atoms with van der Waals surface area (Å²) in [6, 6.07) is 18.8. The molecule has 0 aliphatic carbocycles. The summed E-state index contributed by atoms with van der Waals surface area (Å²) in [5, 5.41) is 24.9. The zero-order valence-electron chi connectivity index (χ0n) is 18.6. The minimum absolute atomic E-state index is 0.00887. The van der Waals surface area contributed by atoms with E-state index in [0.29, 0.717) is 48.9 Å². The van der Waals surface area contributed by atoms with Gasteiger partial charge in [0, 0.05) is 40.2 Å². The molecule has 5 rings (SSSR count). The molecule has 0 radical (unpaired) electrons. The number of pyridine rings is 2. The Balaban J connectivity index is 1.83. The van der Waals surface area contributed by atoms with Gasteiger partial charge in [-0.15, -0.1) is 0 Å². The molecule has 2 aromatic heterocycles. The number of hydrogen-bond acceptors (Lipinski definition) is 4. The molecule has 34 heavy (non-hydrogen) atoms. The van der Waals surface area contributed by atoms with Crippen LogP contribution in [0.2, 0.25) is 10.0 Å². The van der Waals surface area contributed by atoms with Gasteiger partial charge in [-0.2, -0.15) is 0 Å². The minimum Gasteiger partial charge on any atom is -0.505 e. The summed E-state index contributed by atoms with van der Waals surface area (Å²) in [6.07, 6.45) is 3.23. The van der Waals surface area contributed by atoms with Gasteiger partial charge >= 0.3 is 0 Å². The molecule has 6 heteroatoms. The van der Waals surface area contributed by atoms with Crippen molar-refractivity contribution in [1.29, 1.82) is 0 Å². The van der Waals surface area contributed by atoms with Gasteiger partial charge in [-0.3, -0.25) is 9.97 Å². The molecule has 3 aromatic carbocycles. The number of nitrogens with zero attached hydrogens (tertiary/aromatic N) is 2. The van der Waals surface area contributed by atoms with Crippen molar-refractivity contribution < 1.29 is 10.2 Å². The van der Waals surface area contributed by atoms with Crippen LogP contribution in [0.5, 0.6) is 11.5 Å². The standard InChI is InChI=1S/C28H22Cl2N2O2/c1-15(2)16-7-9-17(10-8-16)24(20-13-22(29)18-5-3-11-31-25(18)27(20)33)21-14-23(30)19-6-4-12-32-26(19)28(21)34/h3-15,24,33-34H,1-2H3. The summed E-state index contributed by atoms with van der Waals surface area (Å²) in [5.74, 6) is -0.175. The predicted octanol–water partition coefficient (Wildman–Crippen LogP) is 7.80. The van der Waals surface area contributed by atoms with Gasteiger partial charge in [0.25, 0.3) is 0 Å². The maximum atomic E-state index is 11.3. The second kappa shape index (κ2) is 8.79. The van der Waals surface area contributed by atoms with Crippen LogP contribution in [0.4, 0.5) is 0 Å². The van der Waals surface area contributed by atoms with Crippen LogP contribution in [0.15, 0.2) is 73.1 Å². The monoisotopic (exact) mass is 488 g/mol. The Hall–Kier alpha value is -3.34. The lowest BCUT2D eigenvalue weighted by Crippen LogP contribution is -2.06. The highest BCUT2D eigenvalue weighted by Gasteiger charge is 2.27. The third kappa shape index (κ3) is 3.73. The molecular weight excluding hydrogens is 467 g/mol. The molecular formula is C28H22Cl2N2O2. The van der Waals surface area contributed by atoms with Crippen LogP contribution in [0.25, 0.3) is 21.8 Å². The number of phenolic OH excluding ortho intramolecular Hbond substituents is 2. The Morgan fingerprint density at radius 3 is 1.56 bits per heavy atom. The van der Waals surface area contributed by atoms with Crippen LogP contribution in [-0.4, -0.2) is 20.2 Å². The second-order valence-corrected chi connectivity index (χ2v) is 9.46. The first kappa shape index (κ1) is 22.5. The predicted molar refractivity (Wildman–Crippen MR) is 138 cm³/mol. The van der Waals surface area contributed by atoms with Crippen molar-refractivity contribution in [3.63, 3.8) is 0 Å². The smallest absolute Gasteiger partial charge is 0.146 e. The molecule has 2 N–H and O–H groups in total. The Bertz CT molecular complexity index is 1440. The molecule has 0 amide bonds. The van der Waals surface area contributed by atoms with Crippen LogP contribution in [0, 0.1) is 0 Å². The van der Waals surface area contributed by atoms with E-state index < -0.39 is 5.92 Å². The first-order chi connectivity index (χ1) is 16.4. The highest BCUT2D eigenvalue weighted by Crippen LogP contribution is 2.47. The van der Waals surface area contributed by atoms with E-state index in [1.165, 1.54) is 5.56 Å². The van der Waals surface area contributed by atoms with Gasteiger partial charge in [0.15, 0.2) is 0 Å². The number of phenols is 2. The quantitative estimate of drug-likeness (QED) is 0.253. The number of aromatic hydroxyl groups is 2. The Labute approximate surface area is 207 Å². The first-order valence-corrected chi connectivity index (χ1v) is 11.7. The molecule has 0 saturated heterocycles. The topological polar surface area (TPSA) is 66.2 Å². The van der Waals surface area contributed by atoms with Gasteiger partial charge in [-0.1, -0.05) is 61.3 Å². The fraction of sp³-hybridized carbons (Fsp3) is 0.143. The normalized spacial score (nSPS) is 11.7. The van der Waals surface area contributed by atoms with Crippen molar-refractivity contribution in [2.45, 2.75) is 25.7 Å². The van der Waals surface area contributed by atoms with Crippen molar-refractivity contribution in [3.05, 3.63) is 105 Å². The maximum Gasteiger partial charge on any atom is 0.146 e. The van der Waals surface area contributed by atoms with E-state index in [9.17, 15) is 10.2 Å². The maximum absolute atomic E-state index is 11.3. The van der Waals surface area contributed by atoms with Crippen molar-refractivity contribution in [1.82, 2.24) is 9.97 Å². The largest absolute Gasteiger partial charge is 0.505 e. The molecule has 0 saturated carbocycles. The number of aromatic nitrogens is 2. The van der Waals surface area contributed by atoms with Gasteiger partial charge in [-0.25, -0.2) is 0 Å². The molecule has 4 nitrogen and oxygen atoms in total. The van der Waals surface area contributed by atoms with Gasteiger partial charge in [0.1, 0.15) is 22.5 Å². The minimum atomic E-state index is -0.561. The third-order valence-electron chi connectivity index (χ3n) is 6.25. The number of hydrogen-bond donors (Lipinski definition) is 2. The van der Waals surface area contributed by atoms with Crippen LogP contribution in [-0.2, 0) is 0 Å². The van der Waals surface area contributed by atoms with Crippen molar-refractivity contribution >= 4 is 45.0 Å². The lowest BCUT2D eigenvalue weighted by molar-refractivity contribution is 0.464. The molecule has 170 valence electrons. The van der Waals surface area contributed by atoms with Crippen molar-refractivity contribution in [3.8, 4) is 11.5 Å². The molecule has 0 aliphatic rings. The molecule has 0 bridgehead atoms. The van der Waals surface area contributed by atoms with Crippen LogP contribution in [0.1, 0.15) is 47.9 Å². The Morgan fingerprint density at radius 1 is 0.676 bits per heavy atom. The van der Waals surface area contributed by atoms with Crippen molar-refractivity contribution in [2.24, 2.45) is 0 Å². The highest BCUT2D eigenvalue weighted by atomic mass is 35.5. The summed E-state index contributed by atoms with van der Waals surface area (Å²) in [4.78, 5) is 8.73. The Kier molecular flexibility index (Phi) is 5.80. The average Bonchev–Trinajstić information content (AvgIpc) is 2.85. The summed E-state index contributed by atoms with van der Waals surface area (Å²) in [6.45, 7) is 4.27. The summed E-state index contributed by atoms with van der Waals surface area (Å²) < 4.78 is 0. The van der Waals surface area contributed by atoms with E-state index in [-0.39, 0.29) is 11.5 Å². The van der Waals surface area contributed by atoms with Gasteiger partial charge in [-0.05, 0) is 53.4 Å². The Morgan fingerprint density at radius 2 is 1.12 bits per heavy atom. The van der Waals surface area contributed by atoms with E-state index >= 15 is 0 Å². The fourth-order valence-electron chi connectivity index (χ4n) is 4.45. The van der Waals surface area contributed by atoms with E-state index in [0.717, 1.165) is 5.56 Å². The number of halogens is 2.